The van der Waals surface area contributed by atoms with E-state index in [2.05, 4.69) is 5.32 Å². The van der Waals surface area contributed by atoms with Crippen LogP contribution in [0.25, 0.3) is 0 Å². The quantitative estimate of drug-likeness (QED) is 0.312. The number of aliphatic carboxylic acids is 1. The van der Waals surface area contributed by atoms with Crippen LogP contribution in [-0.2, 0) is 15.8 Å². The van der Waals surface area contributed by atoms with Crippen molar-refractivity contribution in [1.82, 2.24) is 5.32 Å². The smallest absolute Gasteiger partial charge is 0.339 e. The Bertz CT molecular complexity index is 513. The van der Waals surface area contributed by atoms with E-state index in [-0.39, 0.29) is 12.2 Å². The van der Waals surface area contributed by atoms with E-state index < -0.39 is 31.6 Å². The van der Waals surface area contributed by atoms with Gasteiger partial charge in [-0.2, -0.15) is 0 Å². The molecule has 8 nitrogen and oxygen atoms in total. The maximum absolute atomic E-state index is 10.9. The molecule has 0 spiro atoms. The Morgan fingerprint density at radius 3 is 2.37 bits per heavy atom. The summed E-state index contributed by atoms with van der Waals surface area (Å²) in [5, 5.41) is 29.5. The Labute approximate surface area is 108 Å². The van der Waals surface area contributed by atoms with Gasteiger partial charge in [-0.3, -0.25) is 14.7 Å². The molecule has 0 aromatic heterocycles. The first kappa shape index (κ1) is 15.5. The van der Waals surface area contributed by atoms with Crippen molar-refractivity contribution >= 4 is 13.6 Å². The van der Waals surface area contributed by atoms with E-state index in [0.717, 1.165) is 0 Å². The SMILES string of the molecule is O=C(O)C(Cc1ccc(O)c(O)c1)NCP(=O)(O)O. The lowest BCUT2D eigenvalue weighted by Gasteiger charge is -2.15. The van der Waals surface area contributed by atoms with E-state index in [9.17, 15) is 14.5 Å². The minimum absolute atomic E-state index is 0.0941. The van der Waals surface area contributed by atoms with Crippen molar-refractivity contribution in [2.45, 2.75) is 12.5 Å². The van der Waals surface area contributed by atoms with Crippen LogP contribution in [0.1, 0.15) is 5.56 Å². The predicted octanol–water partition coefficient (Wildman–Crippen LogP) is -0.182. The second-order valence-electron chi connectivity index (χ2n) is 3.94. The fourth-order valence-corrected chi connectivity index (χ4v) is 1.87. The molecule has 19 heavy (non-hydrogen) atoms. The van der Waals surface area contributed by atoms with Crippen molar-refractivity contribution in [3.63, 3.8) is 0 Å². The van der Waals surface area contributed by atoms with Gasteiger partial charge in [-0.05, 0) is 24.1 Å². The monoisotopic (exact) mass is 291 g/mol. The Kier molecular flexibility index (Phi) is 4.90. The van der Waals surface area contributed by atoms with Gasteiger partial charge in [0, 0.05) is 0 Å². The van der Waals surface area contributed by atoms with Crippen LogP contribution in [0.4, 0.5) is 0 Å². The summed E-state index contributed by atoms with van der Waals surface area (Å²) >= 11 is 0. The van der Waals surface area contributed by atoms with Gasteiger partial charge in [0.05, 0.1) is 6.29 Å². The Hall–Kier alpha value is -1.60. The largest absolute Gasteiger partial charge is 0.504 e. The molecule has 106 valence electrons. The van der Waals surface area contributed by atoms with Gasteiger partial charge < -0.3 is 25.1 Å². The topological polar surface area (TPSA) is 147 Å². The maximum atomic E-state index is 10.9. The third-order valence-electron chi connectivity index (χ3n) is 2.32. The number of carbonyl (C=O) groups is 1. The van der Waals surface area contributed by atoms with Crippen molar-refractivity contribution in [2.75, 3.05) is 6.29 Å². The molecule has 0 heterocycles. The minimum atomic E-state index is -4.35. The van der Waals surface area contributed by atoms with Crippen LogP contribution in [0.5, 0.6) is 11.5 Å². The molecule has 1 unspecified atom stereocenters. The third-order valence-corrected chi connectivity index (χ3v) is 2.92. The number of aromatic hydroxyl groups is 2. The maximum Gasteiger partial charge on any atom is 0.339 e. The van der Waals surface area contributed by atoms with E-state index in [1.165, 1.54) is 18.2 Å². The number of carboxylic acids is 1. The van der Waals surface area contributed by atoms with Crippen LogP contribution in [0.15, 0.2) is 18.2 Å². The fourth-order valence-electron chi connectivity index (χ4n) is 1.41. The molecule has 0 aliphatic rings. The summed E-state index contributed by atoms with van der Waals surface area (Å²) in [7, 11) is -4.35. The zero-order chi connectivity index (χ0) is 14.6. The summed E-state index contributed by atoms with van der Waals surface area (Å²) in [5.74, 6) is -2.00. The summed E-state index contributed by atoms with van der Waals surface area (Å²) in [5.41, 5.74) is 0.404. The summed E-state index contributed by atoms with van der Waals surface area (Å²) in [6.45, 7) is 0. The van der Waals surface area contributed by atoms with Gasteiger partial charge in [-0.1, -0.05) is 6.07 Å². The number of hydrogen-bond acceptors (Lipinski definition) is 5. The average molecular weight is 291 g/mol. The van der Waals surface area contributed by atoms with Gasteiger partial charge in [0.1, 0.15) is 6.04 Å². The lowest BCUT2D eigenvalue weighted by Crippen LogP contribution is -2.39. The Morgan fingerprint density at radius 1 is 1.26 bits per heavy atom. The molecule has 0 saturated heterocycles. The van der Waals surface area contributed by atoms with Crippen molar-refractivity contribution in [2.24, 2.45) is 0 Å². The van der Waals surface area contributed by atoms with Crippen molar-refractivity contribution in [3.8, 4) is 11.5 Å². The van der Waals surface area contributed by atoms with Gasteiger partial charge in [-0.15, -0.1) is 0 Å². The third kappa shape index (κ3) is 5.27. The van der Waals surface area contributed by atoms with Crippen LogP contribution in [0, 0.1) is 0 Å². The van der Waals surface area contributed by atoms with Crippen LogP contribution in [-0.4, -0.2) is 43.4 Å². The molecule has 0 aliphatic heterocycles. The van der Waals surface area contributed by atoms with Crippen LogP contribution >= 0.6 is 7.60 Å². The van der Waals surface area contributed by atoms with E-state index in [0.29, 0.717) is 5.56 Å². The lowest BCUT2D eigenvalue weighted by atomic mass is 10.1. The molecule has 0 saturated carbocycles. The van der Waals surface area contributed by atoms with Crippen LogP contribution in [0.2, 0.25) is 0 Å². The highest BCUT2D eigenvalue weighted by atomic mass is 31.2. The molecule has 0 amide bonds. The predicted molar refractivity (Wildman–Crippen MR) is 64.9 cm³/mol. The summed E-state index contributed by atoms with van der Waals surface area (Å²) in [4.78, 5) is 28.3. The standard InChI is InChI=1S/C10H14NO7P/c12-8-2-1-6(4-9(8)13)3-7(10(14)15)11-5-19(16,17)18/h1-2,4,7,11-13H,3,5H2,(H,14,15)(H2,16,17,18). The molecule has 0 aliphatic carbocycles. The van der Waals surface area contributed by atoms with E-state index in [1.54, 1.807) is 0 Å². The number of hydrogen-bond donors (Lipinski definition) is 6. The van der Waals surface area contributed by atoms with Gasteiger partial charge in [0.25, 0.3) is 0 Å². The van der Waals surface area contributed by atoms with E-state index in [1.807, 2.05) is 0 Å². The highest BCUT2D eigenvalue weighted by Gasteiger charge is 2.22. The molecule has 0 bridgehead atoms. The highest BCUT2D eigenvalue weighted by molar-refractivity contribution is 7.51. The second-order valence-corrected chi connectivity index (χ2v) is 5.59. The Morgan fingerprint density at radius 2 is 1.89 bits per heavy atom. The molecular formula is C10H14NO7P. The molecule has 1 aromatic carbocycles. The number of benzene rings is 1. The van der Waals surface area contributed by atoms with Crippen LogP contribution in [0.3, 0.4) is 0 Å². The minimum Gasteiger partial charge on any atom is -0.504 e. The van der Waals surface area contributed by atoms with Crippen LogP contribution < -0.4 is 5.32 Å². The molecule has 1 atom stereocenters. The first-order valence-corrected chi connectivity index (χ1v) is 7.00. The normalized spacial score (nSPS) is 13.2. The zero-order valence-electron chi connectivity index (χ0n) is 9.72. The van der Waals surface area contributed by atoms with Gasteiger partial charge in [0.2, 0.25) is 0 Å². The van der Waals surface area contributed by atoms with Crippen molar-refractivity contribution in [3.05, 3.63) is 23.8 Å². The first-order chi connectivity index (χ1) is 8.69. The molecule has 1 rings (SSSR count). The molecule has 6 N–H and O–H groups in total. The highest BCUT2D eigenvalue weighted by Crippen LogP contribution is 2.32. The second kappa shape index (κ2) is 6.03. The van der Waals surface area contributed by atoms with Crippen molar-refractivity contribution in [1.29, 1.82) is 0 Å². The number of phenolic OH excluding ortho intramolecular Hbond substituents is 2. The Balaban J connectivity index is 2.75. The fraction of sp³-hybridized carbons (Fsp3) is 0.300. The zero-order valence-corrected chi connectivity index (χ0v) is 10.6. The number of phenols is 2. The molecule has 0 fully saturated rings. The molecule has 1 aromatic rings. The lowest BCUT2D eigenvalue weighted by molar-refractivity contribution is -0.139. The molecular weight excluding hydrogens is 277 g/mol. The summed E-state index contributed by atoms with van der Waals surface area (Å²) in [6, 6.07) is 2.58. The van der Waals surface area contributed by atoms with E-state index >= 15 is 0 Å². The van der Waals surface area contributed by atoms with Gasteiger partial charge in [0.15, 0.2) is 11.5 Å². The van der Waals surface area contributed by atoms with Gasteiger partial charge in [-0.25, -0.2) is 0 Å². The number of rotatable bonds is 6. The van der Waals surface area contributed by atoms with Crippen molar-refractivity contribution < 1.29 is 34.5 Å². The summed E-state index contributed by atoms with van der Waals surface area (Å²) in [6.07, 6.45) is -0.850. The van der Waals surface area contributed by atoms with E-state index in [4.69, 9.17) is 20.0 Å². The molecule has 9 heteroatoms. The number of nitrogens with one attached hydrogen (secondary N) is 1. The average Bonchev–Trinajstić information content (AvgIpc) is 2.27. The molecule has 0 radical (unpaired) electrons. The summed E-state index contributed by atoms with van der Waals surface area (Å²) < 4.78 is 10.7. The van der Waals surface area contributed by atoms with Gasteiger partial charge >= 0.3 is 13.6 Å². The first-order valence-electron chi connectivity index (χ1n) is 5.20. The number of carboxylic acid groups (broad SMARTS) is 1.